The van der Waals surface area contributed by atoms with Crippen LogP contribution in [0.1, 0.15) is 414 Å². The largest absolute Gasteiger partial charge is 0.472 e. The number of phosphoric acid groups is 2. The Morgan fingerprint density at radius 1 is 0.276 bits per heavy atom. The van der Waals surface area contributed by atoms with Gasteiger partial charge in [-0.05, 0) is 37.5 Å². The van der Waals surface area contributed by atoms with E-state index in [9.17, 15) is 43.2 Å². The molecule has 5 atom stereocenters. The van der Waals surface area contributed by atoms with Gasteiger partial charge in [0.25, 0.3) is 0 Å². The molecule has 0 heterocycles. The Morgan fingerprint density at radius 3 is 0.694 bits per heavy atom. The number of esters is 4. The Balaban J connectivity index is 5.22. The summed E-state index contributed by atoms with van der Waals surface area (Å²) in [5, 5.41) is 10.6. The second-order valence-corrected chi connectivity index (χ2v) is 32.3. The van der Waals surface area contributed by atoms with Crippen molar-refractivity contribution >= 4 is 39.5 Å². The number of aliphatic hydroxyl groups is 1. The number of hydrogen-bond acceptors (Lipinski definition) is 15. The second kappa shape index (κ2) is 70.7. The molecule has 17 nitrogen and oxygen atoms in total. The molecule has 0 saturated carbocycles. The Hall–Kier alpha value is -1.94. The number of carbonyl (C=O) groups excluding carboxylic acids is 4. The molecule has 0 aliphatic carbocycles. The molecular weight excluding hydrogens is 1280 g/mol. The van der Waals surface area contributed by atoms with Crippen LogP contribution in [0.5, 0.6) is 0 Å². The average Bonchev–Trinajstić information content (AvgIpc) is 0.940. The molecular formula is C79H154O17P2. The molecule has 0 amide bonds. The molecule has 0 spiro atoms. The van der Waals surface area contributed by atoms with E-state index in [4.69, 9.17) is 37.0 Å². The number of aliphatic hydroxyl groups excluding tert-OH is 1. The molecule has 2 unspecified atom stereocenters. The molecule has 19 heteroatoms. The first-order valence-electron chi connectivity index (χ1n) is 41.0. The first-order chi connectivity index (χ1) is 47.4. The lowest BCUT2D eigenvalue weighted by Crippen LogP contribution is -2.30. The van der Waals surface area contributed by atoms with Crippen LogP contribution >= 0.6 is 15.6 Å². The van der Waals surface area contributed by atoms with E-state index >= 15 is 0 Å². The Labute approximate surface area is 600 Å². The minimum absolute atomic E-state index is 0.106. The quantitative estimate of drug-likeness (QED) is 0.0222. The second-order valence-electron chi connectivity index (χ2n) is 29.4. The van der Waals surface area contributed by atoms with Crippen LogP contribution in [0.2, 0.25) is 0 Å². The van der Waals surface area contributed by atoms with Gasteiger partial charge in [-0.1, -0.05) is 363 Å². The zero-order chi connectivity index (χ0) is 72.1. The molecule has 0 rings (SSSR count). The van der Waals surface area contributed by atoms with Gasteiger partial charge >= 0.3 is 39.5 Å². The van der Waals surface area contributed by atoms with Crippen LogP contribution in [-0.4, -0.2) is 96.7 Å². The Morgan fingerprint density at radius 2 is 0.469 bits per heavy atom. The number of phosphoric ester groups is 2. The van der Waals surface area contributed by atoms with Crippen molar-refractivity contribution in [2.45, 2.75) is 432 Å². The number of ether oxygens (including phenoxy) is 4. The van der Waals surface area contributed by atoms with Crippen molar-refractivity contribution in [2.24, 2.45) is 11.8 Å². The molecule has 0 radical (unpaired) electrons. The summed E-state index contributed by atoms with van der Waals surface area (Å²) in [6.07, 6.45) is 59.9. The lowest BCUT2D eigenvalue weighted by Gasteiger charge is -2.21. The van der Waals surface area contributed by atoms with E-state index in [2.05, 4.69) is 41.5 Å². The van der Waals surface area contributed by atoms with E-state index in [0.29, 0.717) is 31.6 Å². The van der Waals surface area contributed by atoms with Gasteiger partial charge in [-0.2, -0.15) is 0 Å². The van der Waals surface area contributed by atoms with Crippen molar-refractivity contribution in [3.8, 4) is 0 Å². The van der Waals surface area contributed by atoms with Crippen LogP contribution in [0.15, 0.2) is 0 Å². The summed E-state index contributed by atoms with van der Waals surface area (Å²) in [4.78, 5) is 72.9. The minimum Gasteiger partial charge on any atom is -0.462 e. The molecule has 98 heavy (non-hydrogen) atoms. The fourth-order valence-corrected chi connectivity index (χ4v) is 13.8. The highest BCUT2D eigenvalue weighted by atomic mass is 31.2. The highest BCUT2D eigenvalue weighted by Crippen LogP contribution is 2.45. The van der Waals surface area contributed by atoms with Gasteiger partial charge in [0, 0.05) is 25.7 Å². The fraction of sp³-hybridized carbons (Fsp3) is 0.949. The maximum Gasteiger partial charge on any atom is 0.472 e. The highest BCUT2D eigenvalue weighted by Gasteiger charge is 2.30. The summed E-state index contributed by atoms with van der Waals surface area (Å²) >= 11 is 0. The maximum atomic E-state index is 13.1. The summed E-state index contributed by atoms with van der Waals surface area (Å²) in [6.45, 7) is 9.54. The molecule has 0 aromatic carbocycles. The highest BCUT2D eigenvalue weighted by molar-refractivity contribution is 7.47. The minimum atomic E-state index is -4.96. The lowest BCUT2D eigenvalue weighted by molar-refractivity contribution is -0.161. The molecule has 0 aromatic heterocycles. The van der Waals surface area contributed by atoms with Gasteiger partial charge in [0.2, 0.25) is 0 Å². The van der Waals surface area contributed by atoms with Crippen molar-refractivity contribution in [1.82, 2.24) is 0 Å². The van der Waals surface area contributed by atoms with Crippen LogP contribution < -0.4 is 0 Å². The number of carbonyl (C=O) groups is 4. The smallest absolute Gasteiger partial charge is 0.462 e. The van der Waals surface area contributed by atoms with Crippen molar-refractivity contribution in [2.75, 3.05) is 39.6 Å². The summed E-state index contributed by atoms with van der Waals surface area (Å²) in [5.41, 5.74) is 0. The summed E-state index contributed by atoms with van der Waals surface area (Å²) in [7, 11) is -9.92. The van der Waals surface area contributed by atoms with Crippen LogP contribution in [0.4, 0.5) is 0 Å². The standard InChI is InChI=1S/C79H154O17P2/c1-7-9-11-13-15-17-19-21-23-24-25-26-27-29-31-35-39-43-51-57-63-78(83)95-74(67-89-76(81)61-55-49-42-38-34-30-28-22-20-18-16-14-12-10-8-2)69-93-97(85,86)91-65-73(80)66-92-98(87,88)94-70-75(68-90-77(82)62-56-50-46-45-48-54-60-72(5)6)96-79(84)64-58-52-44-40-36-32-33-37-41-47-53-59-71(3)4/h71-75,80H,7-70H2,1-6H3,(H,85,86)(H,87,88)/t73-,74-,75-/m1/s1. The fourth-order valence-electron chi connectivity index (χ4n) is 12.2. The third-order valence-corrected chi connectivity index (χ3v) is 20.4. The van der Waals surface area contributed by atoms with Crippen LogP contribution in [-0.2, 0) is 65.4 Å². The van der Waals surface area contributed by atoms with Gasteiger partial charge < -0.3 is 33.8 Å². The summed E-state index contributed by atoms with van der Waals surface area (Å²) in [6, 6.07) is 0. The van der Waals surface area contributed by atoms with Crippen LogP contribution in [0, 0.1) is 11.8 Å². The normalized spacial score (nSPS) is 13.9. The van der Waals surface area contributed by atoms with Gasteiger partial charge in [-0.15, -0.1) is 0 Å². The van der Waals surface area contributed by atoms with Crippen LogP contribution in [0.3, 0.4) is 0 Å². The third kappa shape index (κ3) is 72.4. The molecule has 0 aliphatic rings. The van der Waals surface area contributed by atoms with Crippen LogP contribution in [0.25, 0.3) is 0 Å². The van der Waals surface area contributed by atoms with Gasteiger partial charge in [0.1, 0.15) is 19.3 Å². The van der Waals surface area contributed by atoms with E-state index < -0.39 is 97.5 Å². The third-order valence-electron chi connectivity index (χ3n) is 18.5. The summed E-state index contributed by atoms with van der Waals surface area (Å²) < 4.78 is 68.6. The molecule has 0 aromatic rings. The Bertz CT molecular complexity index is 1890. The number of hydrogen-bond donors (Lipinski definition) is 3. The molecule has 3 N–H and O–H groups in total. The predicted octanol–water partition coefficient (Wildman–Crippen LogP) is 23.5. The Kier molecular flexibility index (Phi) is 69.3. The first-order valence-corrected chi connectivity index (χ1v) is 44.0. The monoisotopic (exact) mass is 1440 g/mol. The average molecular weight is 1440 g/mol. The summed E-state index contributed by atoms with van der Waals surface area (Å²) in [5.74, 6) is -0.669. The maximum absolute atomic E-state index is 13.1. The van der Waals surface area contributed by atoms with E-state index in [1.165, 1.54) is 225 Å². The zero-order valence-electron chi connectivity index (χ0n) is 64.1. The number of rotatable bonds is 78. The van der Waals surface area contributed by atoms with Gasteiger partial charge in [0.05, 0.1) is 26.4 Å². The SMILES string of the molecule is CCCCCCCCCCCCCCCCCCCCCCC(=O)O[C@H](COC(=O)CCCCCCCCCCCCCCCCC)COP(=O)(O)OC[C@@H](O)COP(=O)(O)OC[C@@H](COC(=O)CCCCCCCCC(C)C)OC(=O)CCCCCCCCCCCCCC(C)C. The van der Waals surface area contributed by atoms with E-state index in [-0.39, 0.29) is 25.7 Å². The van der Waals surface area contributed by atoms with Crippen molar-refractivity contribution < 1.29 is 80.2 Å². The molecule has 0 bridgehead atoms. The molecule has 0 saturated heterocycles. The lowest BCUT2D eigenvalue weighted by atomic mass is 10.0. The van der Waals surface area contributed by atoms with Gasteiger partial charge in [0.15, 0.2) is 12.2 Å². The topological polar surface area (TPSA) is 237 Å². The molecule has 0 aliphatic heterocycles. The van der Waals surface area contributed by atoms with Crippen molar-refractivity contribution in [1.29, 1.82) is 0 Å². The van der Waals surface area contributed by atoms with Crippen molar-refractivity contribution in [3.05, 3.63) is 0 Å². The zero-order valence-corrected chi connectivity index (χ0v) is 65.9. The number of unbranched alkanes of at least 4 members (excludes halogenated alkanes) is 48. The van der Waals surface area contributed by atoms with E-state index in [0.717, 1.165) is 102 Å². The predicted molar refractivity (Wildman–Crippen MR) is 400 cm³/mol. The van der Waals surface area contributed by atoms with E-state index in [1.54, 1.807) is 0 Å². The first kappa shape index (κ1) is 96.1. The van der Waals surface area contributed by atoms with Gasteiger partial charge in [-0.25, -0.2) is 9.13 Å². The molecule has 582 valence electrons. The van der Waals surface area contributed by atoms with Gasteiger partial charge in [-0.3, -0.25) is 37.3 Å². The molecule has 0 fully saturated rings. The van der Waals surface area contributed by atoms with E-state index in [1.807, 2.05) is 0 Å². The van der Waals surface area contributed by atoms with Crippen molar-refractivity contribution in [3.63, 3.8) is 0 Å².